The van der Waals surface area contributed by atoms with Crippen molar-refractivity contribution in [1.82, 2.24) is 0 Å². The molecule has 0 heterocycles. The standard InChI is InChI=1S/C20H27NO3S/c1-3-5-6-7-8-17-9-15-20(16-10-17)25(22,23)21-18-11-13-19(14-12-18)24-4-2/h9-16,21H,3-8H2,1-2H3. The van der Waals surface area contributed by atoms with Gasteiger partial charge >= 0.3 is 0 Å². The number of ether oxygens (including phenoxy) is 1. The first-order chi connectivity index (χ1) is 12.0. The van der Waals surface area contributed by atoms with Crippen LogP contribution < -0.4 is 9.46 Å². The zero-order valence-electron chi connectivity index (χ0n) is 15.0. The normalized spacial score (nSPS) is 11.3. The molecule has 2 aromatic rings. The van der Waals surface area contributed by atoms with Crippen LogP contribution in [0.2, 0.25) is 0 Å². The Bertz CT molecular complexity index is 738. The van der Waals surface area contributed by atoms with E-state index in [1.54, 1.807) is 36.4 Å². The highest BCUT2D eigenvalue weighted by Crippen LogP contribution is 2.20. The lowest BCUT2D eigenvalue weighted by Crippen LogP contribution is -2.12. The number of nitrogens with one attached hydrogen (secondary N) is 1. The molecular formula is C20H27NO3S. The van der Waals surface area contributed by atoms with Crippen LogP contribution in [0.4, 0.5) is 5.69 Å². The molecule has 1 N–H and O–H groups in total. The summed E-state index contributed by atoms with van der Waals surface area (Å²) in [4.78, 5) is 0.277. The van der Waals surface area contributed by atoms with Gasteiger partial charge < -0.3 is 4.74 Å². The predicted molar refractivity (Wildman–Crippen MR) is 103 cm³/mol. The van der Waals surface area contributed by atoms with Gasteiger partial charge in [-0.3, -0.25) is 4.72 Å². The Balaban J connectivity index is 1.98. The Kier molecular flexibility index (Phi) is 7.31. The molecule has 4 nitrogen and oxygen atoms in total. The second kappa shape index (κ2) is 9.47. The maximum atomic E-state index is 12.5. The van der Waals surface area contributed by atoms with E-state index < -0.39 is 10.0 Å². The Labute approximate surface area is 151 Å². The highest BCUT2D eigenvalue weighted by atomic mass is 32.2. The highest BCUT2D eigenvalue weighted by Gasteiger charge is 2.14. The van der Waals surface area contributed by atoms with Crippen LogP contribution in [0.3, 0.4) is 0 Å². The lowest BCUT2D eigenvalue weighted by Gasteiger charge is -2.10. The summed E-state index contributed by atoms with van der Waals surface area (Å²) < 4.78 is 32.9. The van der Waals surface area contributed by atoms with Gasteiger partial charge in [0.15, 0.2) is 0 Å². The van der Waals surface area contributed by atoms with Gasteiger partial charge in [0.25, 0.3) is 10.0 Å². The lowest BCUT2D eigenvalue weighted by atomic mass is 10.1. The van der Waals surface area contributed by atoms with Crippen molar-refractivity contribution in [3.63, 3.8) is 0 Å². The highest BCUT2D eigenvalue weighted by molar-refractivity contribution is 7.92. The van der Waals surface area contributed by atoms with Crippen molar-refractivity contribution in [2.75, 3.05) is 11.3 Å². The van der Waals surface area contributed by atoms with Crippen LogP contribution >= 0.6 is 0 Å². The van der Waals surface area contributed by atoms with Crippen molar-refractivity contribution in [1.29, 1.82) is 0 Å². The maximum absolute atomic E-state index is 12.5. The fourth-order valence-electron chi connectivity index (χ4n) is 2.59. The molecule has 2 rings (SSSR count). The number of unbranched alkanes of at least 4 members (excludes halogenated alkanes) is 3. The summed E-state index contributed by atoms with van der Waals surface area (Å²) in [6.45, 7) is 4.68. The van der Waals surface area contributed by atoms with Crippen molar-refractivity contribution >= 4 is 15.7 Å². The molecule has 0 amide bonds. The Morgan fingerprint density at radius 3 is 2.16 bits per heavy atom. The van der Waals surface area contributed by atoms with E-state index in [9.17, 15) is 8.42 Å². The minimum atomic E-state index is -3.58. The number of anilines is 1. The largest absolute Gasteiger partial charge is 0.494 e. The van der Waals surface area contributed by atoms with Crippen LogP contribution in [0.25, 0.3) is 0 Å². The number of hydrogen-bond acceptors (Lipinski definition) is 3. The molecule has 0 fully saturated rings. The molecule has 0 radical (unpaired) electrons. The molecule has 0 unspecified atom stereocenters. The van der Waals surface area contributed by atoms with Gasteiger partial charge in [0.05, 0.1) is 11.5 Å². The van der Waals surface area contributed by atoms with Crippen LogP contribution in [0, 0.1) is 0 Å². The van der Waals surface area contributed by atoms with Crippen LogP contribution in [0.1, 0.15) is 45.1 Å². The molecule has 0 saturated carbocycles. The fourth-order valence-corrected chi connectivity index (χ4v) is 3.65. The van der Waals surface area contributed by atoms with E-state index in [1.807, 2.05) is 19.1 Å². The number of rotatable bonds is 10. The van der Waals surface area contributed by atoms with Gasteiger partial charge in [-0.1, -0.05) is 38.3 Å². The third kappa shape index (κ3) is 6.09. The monoisotopic (exact) mass is 361 g/mol. The molecule has 0 aromatic heterocycles. The molecule has 0 aliphatic heterocycles. The number of sulfonamides is 1. The van der Waals surface area contributed by atoms with Gasteiger partial charge in [-0.05, 0) is 61.7 Å². The predicted octanol–water partition coefficient (Wildman–Crippen LogP) is 5.01. The first kappa shape index (κ1) is 19.3. The third-order valence-electron chi connectivity index (χ3n) is 3.97. The van der Waals surface area contributed by atoms with Crippen LogP contribution in [-0.2, 0) is 16.4 Å². The first-order valence-electron chi connectivity index (χ1n) is 8.89. The molecule has 136 valence electrons. The molecule has 0 aliphatic carbocycles. The molecular weight excluding hydrogens is 334 g/mol. The number of aryl methyl sites for hydroxylation is 1. The summed E-state index contributed by atoms with van der Waals surface area (Å²) in [5.74, 6) is 0.720. The Morgan fingerprint density at radius 2 is 1.56 bits per heavy atom. The molecule has 0 spiro atoms. The van der Waals surface area contributed by atoms with Crippen molar-refractivity contribution in [2.24, 2.45) is 0 Å². The zero-order valence-corrected chi connectivity index (χ0v) is 15.8. The topological polar surface area (TPSA) is 55.4 Å². The van der Waals surface area contributed by atoms with Crippen molar-refractivity contribution in [3.05, 3.63) is 54.1 Å². The lowest BCUT2D eigenvalue weighted by molar-refractivity contribution is 0.340. The van der Waals surface area contributed by atoms with Crippen molar-refractivity contribution in [3.8, 4) is 5.75 Å². The summed E-state index contributed by atoms with van der Waals surface area (Å²) in [5.41, 5.74) is 1.70. The molecule has 0 atom stereocenters. The first-order valence-corrected chi connectivity index (χ1v) is 10.4. The van der Waals surface area contributed by atoms with Gasteiger partial charge in [0, 0.05) is 5.69 Å². The van der Waals surface area contributed by atoms with E-state index in [2.05, 4.69) is 11.6 Å². The van der Waals surface area contributed by atoms with E-state index in [1.165, 1.54) is 24.8 Å². The summed E-state index contributed by atoms with van der Waals surface area (Å²) in [6.07, 6.45) is 5.82. The number of hydrogen-bond donors (Lipinski definition) is 1. The van der Waals surface area contributed by atoms with Crippen LogP contribution in [-0.4, -0.2) is 15.0 Å². The van der Waals surface area contributed by atoms with Gasteiger partial charge in [-0.25, -0.2) is 8.42 Å². The molecule has 5 heteroatoms. The van der Waals surface area contributed by atoms with E-state index in [0.29, 0.717) is 12.3 Å². The van der Waals surface area contributed by atoms with Gasteiger partial charge in [0.1, 0.15) is 5.75 Å². The van der Waals surface area contributed by atoms with E-state index in [0.717, 1.165) is 18.6 Å². The van der Waals surface area contributed by atoms with Gasteiger partial charge in [-0.2, -0.15) is 0 Å². The minimum Gasteiger partial charge on any atom is -0.494 e. The average Bonchev–Trinajstić information content (AvgIpc) is 2.61. The second-order valence-corrected chi connectivity index (χ2v) is 7.70. The molecule has 0 aliphatic rings. The van der Waals surface area contributed by atoms with Crippen molar-refractivity contribution < 1.29 is 13.2 Å². The van der Waals surface area contributed by atoms with Gasteiger partial charge in [0.2, 0.25) is 0 Å². The molecule has 0 saturated heterocycles. The van der Waals surface area contributed by atoms with E-state index in [4.69, 9.17) is 4.74 Å². The zero-order chi connectivity index (χ0) is 18.1. The maximum Gasteiger partial charge on any atom is 0.261 e. The summed E-state index contributed by atoms with van der Waals surface area (Å²) >= 11 is 0. The second-order valence-electron chi connectivity index (χ2n) is 6.02. The number of benzene rings is 2. The average molecular weight is 362 g/mol. The summed E-state index contributed by atoms with van der Waals surface area (Å²) in [6, 6.07) is 14.0. The van der Waals surface area contributed by atoms with Crippen LogP contribution in [0.15, 0.2) is 53.4 Å². The van der Waals surface area contributed by atoms with Crippen molar-refractivity contribution in [2.45, 2.75) is 50.8 Å². The smallest absolute Gasteiger partial charge is 0.261 e. The molecule has 0 bridgehead atoms. The van der Waals surface area contributed by atoms with Crippen LogP contribution in [0.5, 0.6) is 5.75 Å². The van der Waals surface area contributed by atoms with Gasteiger partial charge in [-0.15, -0.1) is 0 Å². The summed E-state index contributed by atoms with van der Waals surface area (Å²) in [7, 11) is -3.58. The SMILES string of the molecule is CCCCCCc1ccc(S(=O)(=O)Nc2ccc(OCC)cc2)cc1. The Hall–Kier alpha value is -2.01. The van der Waals surface area contributed by atoms with E-state index >= 15 is 0 Å². The molecule has 2 aromatic carbocycles. The van der Waals surface area contributed by atoms with E-state index in [-0.39, 0.29) is 4.90 Å². The fraction of sp³-hybridized carbons (Fsp3) is 0.400. The minimum absolute atomic E-state index is 0.277. The molecule has 25 heavy (non-hydrogen) atoms. The third-order valence-corrected chi connectivity index (χ3v) is 5.37. The summed E-state index contributed by atoms with van der Waals surface area (Å²) in [5, 5.41) is 0. The quantitative estimate of drug-likeness (QED) is 0.605. The Morgan fingerprint density at radius 1 is 0.880 bits per heavy atom.